The second kappa shape index (κ2) is 4.66. The third kappa shape index (κ3) is 2.02. The zero-order valence-corrected chi connectivity index (χ0v) is 10.2. The largest absolute Gasteiger partial charge is 0.461 e. The molecule has 0 saturated carbocycles. The van der Waals surface area contributed by atoms with Crippen molar-refractivity contribution in [2.24, 2.45) is 0 Å². The highest BCUT2D eigenvalue weighted by atomic mass is 16.3. The second-order valence-electron chi connectivity index (χ2n) is 4.27. The monoisotopic (exact) mass is 241 g/mol. The molecule has 0 aliphatic heterocycles. The average Bonchev–Trinajstić information content (AvgIpc) is 3.03. The van der Waals surface area contributed by atoms with Crippen LogP contribution in [0.5, 0.6) is 0 Å². The van der Waals surface area contributed by atoms with Gasteiger partial charge in [0.2, 0.25) is 0 Å². The molecule has 0 aliphatic rings. The van der Waals surface area contributed by atoms with Crippen LogP contribution in [-0.2, 0) is 6.42 Å². The molecular formula is C14H15N3O. The summed E-state index contributed by atoms with van der Waals surface area (Å²) in [6.07, 6.45) is 2.67. The highest BCUT2D eigenvalue weighted by Gasteiger charge is 2.07. The maximum absolute atomic E-state index is 5.34. The molecule has 1 aromatic carbocycles. The van der Waals surface area contributed by atoms with E-state index in [4.69, 9.17) is 4.42 Å². The Morgan fingerprint density at radius 3 is 3.06 bits per heavy atom. The highest BCUT2D eigenvalue weighted by molar-refractivity contribution is 5.79. The summed E-state index contributed by atoms with van der Waals surface area (Å²) in [5.74, 6) is 1.55. The molecule has 92 valence electrons. The summed E-state index contributed by atoms with van der Waals surface area (Å²) >= 11 is 0. The van der Waals surface area contributed by atoms with Gasteiger partial charge in [0.05, 0.1) is 17.3 Å². The Bertz CT molecular complexity index is 640. The van der Waals surface area contributed by atoms with E-state index < -0.39 is 0 Å². The Balaban J connectivity index is 1.97. The van der Waals surface area contributed by atoms with Gasteiger partial charge in [-0.25, -0.2) is 4.98 Å². The van der Waals surface area contributed by atoms with Crippen molar-refractivity contribution in [1.29, 1.82) is 0 Å². The van der Waals surface area contributed by atoms with Crippen molar-refractivity contribution >= 4 is 11.0 Å². The zero-order valence-electron chi connectivity index (χ0n) is 10.2. The number of hydrogen-bond acceptors (Lipinski definition) is 3. The standard InChI is InChI=1S/C14H15N3O/c1-15-7-6-10-4-5-11-12(9-10)17-14(16-11)13-3-2-8-18-13/h2-5,8-9,15H,6-7H2,1H3,(H,16,17). The minimum atomic E-state index is 0.767. The molecule has 2 N–H and O–H groups in total. The van der Waals surface area contributed by atoms with E-state index in [-0.39, 0.29) is 0 Å². The first kappa shape index (κ1) is 11.0. The van der Waals surface area contributed by atoms with Crippen molar-refractivity contribution in [2.45, 2.75) is 6.42 Å². The lowest BCUT2D eigenvalue weighted by Crippen LogP contribution is -2.10. The fourth-order valence-corrected chi connectivity index (χ4v) is 2.01. The molecule has 2 aromatic heterocycles. The summed E-state index contributed by atoms with van der Waals surface area (Å²) in [5, 5.41) is 3.15. The lowest BCUT2D eigenvalue weighted by Gasteiger charge is -1.99. The molecular weight excluding hydrogens is 226 g/mol. The van der Waals surface area contributed by atoms with Gasteiger partial charge in [0.25, 0.3) is 0 Å². The smallest absolute Gasteiger partial charge is 0.174 e. The molecule has 18 heavy (non-hydrogen) atoms. The third-order valence-electron chi connectivity index (χ3n) is 2.96. The molecule has 0 fully saturated rings. The van der Waals surface area contributed by atoms with Crippen molar-refractivity contribution in [2.75, 3.05) is 13.6 Å². The summed E-state index contributed by atoms with van der Waals surface area (Å²) in [7, 11) is 1.96. The van der Waals surface area contributed by atoms with Crippen LogP contribution in [0.4, 0.5) is 0 Å². The summed E-state index contributed by atoms with van der Waals surface area (Å²) in [4.78, 5) is 7.80. The maximum Gasteiger partial charge on any atom is 0.174 e. The van der Waals surface area contributed by atoms with Crippen molar-refractivity contribution < 1.29 is 4.42 Å². The molecule has 4 heteroatoms. The van der Waals surface area contributed by atoms with Crippen LogP contribution in [0.1, 0.15) is 5.56 Å². The normalized spacial score (nSPS) is 11.2. The van der Waals surface area contributed by atoms with Gasteiger partial charge < -0.3 is 14.7 Å². The number of rotatable bonds is 4. The fraction of sp³-hybridized carbons (Fsp3) is 0.214. The maximum atomic E-state index is 5.34. The summed E-state index contributed by atoms with van der Waals surface area (Å²) in [6, 6.07) is 10.1. The first-order valence-corrected chi connectivity index (χ1v) is 6.04. The summed E-state index contributed by atoms with van der Waals surface area (Å²) in [6.45, 7) is 0.977. The number of benzene rings is 1. The Hall–Kier alpha value is -2.07. The first-order chi connectivity index (χ1) is 8.86. The lowest BCUT2D eigenvalue weighted by atomic mass is 10.1. The molecule has 0 atom stereocenters. The SMILES string of the molecule is CNCCc1ccc2nc(-c3ccco3)[nH]c2c1. The number of aromatic nitrogens is 2. The number of imidazole rings is 1. The van der Waals surface area contributed by atoms with E-state index in [1.165, 1.54) is 5.56 Å². The number of likely N-dealkylation sites (N-methyl/N-ethyl adjacent to an activating group) is 1. The van der Waals surface area contributed by atoms with Gasteiger partial charge in [-0.05, 0) is 49.8 Å². The van der Waals surface area contributed by atoms with Crippen LogP contribution in [0.25, 0.3) is 22.6 Å². The average molecular weight is 241 g/mol. The van der Waals surface area contributed by atoms with E-state index in [1.54, 1.807) is 6.26 Å². The molecule has 3 aromatic rings. The van der Waals surface area contributed by atoms with Gasteiger partial charge in [0.15, 0.2) is 11.6 Å². The number of aromatic amines is 1. The van der Waals surface area contributed by atoms with Crippen LogP contribution in [0, 0.1) is 0 Å². The van der Waals surface area contributed by atoms with E-state index >= 15 is 0 Å². The quantitative estimate of drug-likeness (QED) is 0.738. The number of nitrogens with one attached hydrogen (secondary N) is 2. The van der Waals surface area contributed by atoms with Gasteiger partial charge in [-0.2, -0.15) is 0 Å². The van der Waals surface area contributed by atoms with E-state index in [0.717, 1.165) is 35.6 Å². The Morgan fingerprint density at radius 1 is 1.33 bits per heavy atom. The summed E-state index contributed by atoms with van der Waals surface area (Å²) < 4.78 is 5.34. The predicted molar refractivity (Wildman–Crippen MR) is 71.4 cm³/mol. The van der Waals surface area contributed by atoms with E-state index in [0.29, 0.717) is 0 Å². The number of fused-ring (bicyclic) bond motifs is 1. The van der Waals surface area contributed by atoms with Gasteiger partial charge in [-0.3, -0.25) is 0 Å². The number of hydrogen-bond donors (Lipinski definition) is 2. The molecule has 0 saturated heterocycles. The molecule has 2 heterocycles. The summed E-state index contributed by atoms with van der Waals surface area (Å²) in [5.41, 5.74) is 3.32. The van der Waals surface area contributed by atoms with Crippen LogP contribution in [-0.4, -0.2) is 23.6 Å². The zero-order chi connectivity index (χ0) is 12.4. The molecule has 0 unspecified atom stereocenters. The third-order valence-corrected chi connectivity index (χ3v) is 2.96. The number of furan rings is 1. The van der Waals surface area contributed by atoms with Crippen LogP contribution in [0.15, 0.2) is 41.0 Å². The van der Waals surface area contributed by atoms with Gasteiger partial charge in [0.1, 0.15) is 0 Å². The lowest BCUT2D eigenvalue weighted by molar-refractivity contribution is 0.578. The topological polar surface area (TPSA) is 53.9 Å². The first-order valence-electron chi connectivity index (χ1n) is 6.04. The van der Waals surface area contributed by atoms with Crippen LogP contribution >= 0.6 is 0 Å². The van der Waals surface area contributed by atoms with Gasteiger partial charge >= 0.3 is 0 Å². The second-order valence-corrected chi connectivity index (χ2v) is 4.27. The van der Waals surface area contributed by atoms with E-state index in [1.807, 2.05) is 25.2 Å². The molecule has 0 spiro atoms. The minimum Gasteiger partial charge on any atom is -0.461 e. The van der Waals surface area contributed by atoms with Crippen molar-refractivity contribution in [3.8, 4) is 11.6 Å². The fourth-order valence-electron chi connectivity index (χ4n) is 2.01. The van der Waals surface area contributed by atoms with Crippen LogP contribution in [0.2, 0.25) is 0 Å². The Labute approximate surface area is 105 Å². The molecule has 0 radical (unpaired) electrons. The number of H-pyrrole nitrogens is 1. The molecule has 0 aliphatic carbocycles. The number of nitrogens with zero attached hydrogens (tertiary/aromatic N) is 1. The van der Waals surface area contributed by atoms with Gasteiger partial charge in [0, 0.05) is 0 Å². The van der Waals surface area contributed by atoms with Crippen molar-refractivity contribution in [3.63, 3.8) is 0 Å². The van der Waals surface area contributed by atoms with E-state index in [9.17, 15) is 0 Å². The Morgan fingerprint density at radius 2 is 2.28 bits per heavy atom. The molecule has 4 nitrogen and oxygen atoms in total. The molecule has 0 amide bonds. The van der Waals surface area contributed by atoms with Gasteiger partial charge in [-0.15, -0.1) is 0 Å². The minimum absolute atomic E-state index is 0.767. The molecule has 0 bridgehead atoms. The van der Waals surface area contributed by atoms with Crippen LogP contribution in [0.3, 0.4) is 0 Å². The van der Waals surface area contributed by atoms with Gasteiger partial charge in [-0.1, -0.05) is 6.07 Å². The van der Waals surface area contributed by atoms with Crippen molar-refractivity contribution in [3.05, 3.63) is 42.2 Å². The Kier molecular flexibility index (Phi) is 2.86. The van der Waals surface area contributed by atoms with Crippen molar-refractivity contribution in [1.82, 2.24) is 15.3 Å². The van der Waals surface area contributed by atoms with Crippen LogP contribution < -0.4 is 5.32 Å². The predicted octanol–water partition coefficient (Wildman–Crippen LogP) is 2.58. The molecule has 3 rings (SSSR count). The van der Waals surface area contributed by atoms with E-state index in [2.05, 4.69) is 27.4 Å². The highest BCUT2D eigenvalue weighted by Crippen LogP contribution is 2.21.